The molecule has 0 aliphatic carbocycles. The number of piperazine rings is 1. The van der Waals surface area contributed by atoms with Crippen molar-refractivity contribution in [2.24, 2.45) is 0 Å². The first-order chi connectivity index (χ1) is 10.8. The molecule has 1 saturated heterocycles. The standard InChI is InChI=1S/C14H24N4O4S/c1-11-12(10-13(22-11)23(20,21)17(2)3)14(19)16-6-9-18-7-4-15-5-8-18/h10,15H,4-9H2,1-3H3,(H,16,19). The normalized spacial score (nSPS) is 16.7. The molecule has 2 rings (SSSR count). The first-order valence-electron chi connectivity index (χ1n) is 7.56. The van der Waals surface area contributed by atoms with Crippen molar-refractivity contribution < 1.29 is 17.6 Å². The smallest absolute Gasteiger partial charge is 0.275 e. The summed E-state index contributed by atoms with van der Waals surface area (Å²) in [7, 11) is -0.844. The molecule has 1 aromatic rings. The predicted octanol–water partition coefficient (Wildman–Crippen LogP) is -0.527. The van der Waals surface area contributed by atoms with E-state index in [9.17, 15) is 13.2 Å². The maximum Gasteiger partial charge on any atom is 0.275 e. The zero-order valence-electron chi connectivity index (χ0n) is 13.8. The van der Waals surface area contributed by atoms with Crippen LogP contribution in [-0.4, -0.2) is 76.9 Å². The van der Waals surface area contributed by atoms with Gasteiger partial charge in [-0.1, -0.05) is 0 Å². The van der Waals surface area contributed by atoms with Gasteiger partial charge in [-0.15, -0.1) is 0 Å². The van der Waals surface area contributed by atoms with Gasteiger partial charge in [-0.3, -0.25) is 9.69 Å². The first kappa shape index (κ1) is 17.9. The van der Waals surface area contributed by atoms with Crippen molar-refractivity contribution >= 4 is 15.9 Å². The number of carbonyl (C=O) groups is 1. The van der Waals surface area contributed by atoms with Crippen molar-refractivity contribution in [2.45, 2.75) is 12.0 Å². The van der Waals surface area contributed by atoms with Gasteiger partial charge in [0.2, 0.25) is 5.09 Å². The summed E-state index contributed by atoms with van der Waals surface area (Å²) in [6, 6.07) is 1.28. The van der Waals surface area contributed by atoms with Gasteiger partial charge in [-0.2, -0.15) is 0 Å². The Labute approximate surface area is 136 Å². The topological polar surface area (TPSA) is 94.9 Å². The highest BCUT2D eigenvalue weighted by atomic mass is 32.2. The van der Waals surface area contributed by atoms with Crippen LogP contribution >= 0.6 is 0 Å². The van der Waals surface area contributed by atoms with Crippen LogP contribution in [0.25, 0.3) is 0 Å². The lowest BCUT2D eigenvalue weighted by atomic mass is 10.2. The molecule has 2 heterocycles. The molecule has 130 valence electrons. The first-order valence-corrected chi connectivity index (χ1v) is 9.00. The molecular formula is C14H24N4O4S. The van der Waals surface area contributed by atoms with E-state index in [-0.39, 0.29) is 16.6 Å². The number of nitrogens with one attached hydrogen (secondary N) is 2. The fourth-order valence-electron chi connectivity index (χ4n) is 2.34. The number of hydrogen-bond donors (Lipinski definition) is 2. The van der Waals surface area contributed by atoms with Crippen LogP contribution in [0.4, 0.5) is 0 Å². The summed E-state index contributed by atoms with van der Waals surface area (Å²) < 4.78 is 30.4. The molecule has 0 radical (unpaired) electrons. The fraction of sp³-hybridized carbons (Fsp3) is 0.643. The molecule has 1 amide bonds. The molecule has 1 fully saturated rings. The summed E-state index contributed by atoms with van der Waals surface area (Å²) in [5.74, 6) is -0.0216. The van der Waals surface area contributed by atoms with E-state index in [0.29, 0.717) is 12.3 Å². The van der Waals surface area contributed by atoms with Crippen molar-refractivity contribution in [1.29, 1.82) is 0 Å². The summed E-state index contributed by atoms with van der Waals surface area (Å²) >= 11 is 0. The van der Waals surface area contributed by atoms with Gasteiger partial charge >= 0.3 is 0 Å². The Morgan fingerprint density at radius 3 is 2.65 bits per heavy atom. The maximum absolute atomic E-state index is 12.2. The van der Waals surface area contributed by atoms with E-state index < -0.39 is 10.0 Å². The van der Waals surface area contributed by atoms with Crippen LogP contribution < -0.4 is 10.6 Å². The van der Waals surface area contributed by atoms with Crippen LogP contribution in [0.3, 0.4) is 0 Å². The van der Waals surface area contributed by atoms with Crippen molar-refractivity contribution in [1.82, 2.24) is 19.8 Å². The van der Waals surface area contributed by atoms with Crippen molar-refractivity contribution in [3.05, 3.63) is 17.4 Å². The lowest BCUT2D eigenvalue weighted by Crippen LogP contribution is -2.46. The molecule has 0 atom stereocenters. The van der Waals surface area contributed by atoms with Gasteiger partial charge in [0.1, 0.15) is 5.76 Å². The SMILES string of the molecule is Cc1oc(S(=O)(=O)N(C)C)cc1C(=O)NCCN1CCNCC1. The van der Waals surface area contributed by atoms with E-state index in [1.807, 2.05) is 0 Å². The van der Waals surface area contributed by atoms with Gasteiger partial charge in [0, 0.05) is 59.4 Å². The molecule has 23 heavy (non-hydrogen) atoms. The third-order valence-corrected chi connectivity index (χ3v) is 5.47. The molecule has 1 aromatic heterocycles. The zero-order chi connectivity index (χ0) is 17.0. The van der Waals surface area contributed by atoms with Gasteiger partial charge < -0.3 is 15.1 Å². The summed E-state index contributed by atoms with van der Waals surface area (Å²) in [5.41, 5.74) is 0.255. The quantitative estimate of drug-likeness (QED) is 0.721. The number of carbonyl (C=O) groups excluding carboxylic acids is 1. The highest BCUT2D eigenvalue weighted by Gasteiger charge is 2.25. The van der Waals surface area contributed by atoms with Crippen LogP contribution in [0.15, 0.2) is 15.6 Å². The van der Waals surface area contributed by atoms with E-state index in [2.05, 4.69) is 15.5 Å². The Bertz CT molecular complexity index is 648. The Morgan fingerprint density at radius 1 is 1.39 bits per heavy atom. The molecule has 1 aliphatic heterocycles. The number of nitrogens with zero attached hydrogens (tertiary/aromatic N) is 2. The number of sulfonamides is 1. The highest BCUT2D eigenvalue weighted by molar-refractivity contribution is 7.88. The third-order valence-electron chi connectivity index (χ3n) is 3.80. The number of rotatable bonds is 6. The lowest BCUT2D eigenvalue weighted by Gasteiger charge is -2.27. The molecule has 0 saturated carbocycles. The van der Waals surface area contributed by atoms with Crippen LogP contribution in [0.5, 0.6) is 0 Å². The van der Waals surface area contributed by atoms with E-state index in [1.54, 1.807) is 6.92 Å². The summed E-state index contributed by atoms with van der Waals surface area (Å²) in [6.45, 7) is 6.71. The van der Waals surface area contributed by atoms with E-state index in [1.165, 1.54) is 20.2 Å². The average Bonchev–Trinajstić information content (AvgIpc) is 2.91. The average molecular weight is 344 g/mol. The molecule has 0 aromatic carbocycles. The molecular weight excluding hydrogens is 320 g/mol. The number of hydrogen-bond acceptors (Lipinski definition) is 6. The van der Waals surface area contributed by atoms with Gasteiger partial charge in [0.15, 0.2) is 0 Å². The Balaban J connectivity index is 1.96. The molecule has 1 aliphatic rings. The number of furan rings is 1. The van der Waals surface area contributed by atoms with Crippen LogP contribution in [0.2, 0.25) is 0 Å². The number of amides is 1. The third kappa shape index (κ3) is 4.31. The van der Waals surface area contributed by atoms with E-state index >= 15 is 0 Å². The number of aryl methyl sites for hydroxylation is 1. The molecule has 0 bridgehead atoms. The molecule has 0 spiro atoms. The lowest BCUT2D eigenvalue weighted by molar-refractivity contribution is 0.0945. The van der Waals surface area contributed by atoms with Crippen molar-refractivity contribution in [3.63, 3.8) is 0 Å². The minimum absolute atomic E-state index is 0.216. The fourth-order valence-corrected chi connectivity index (χ4v) is 3.20. The second-order valence-electron chi connectivity index (χ2n) is 5.67. The monoisotopic (exact) mass is 344 g/mol. The second-order valence-corrected chi connectivity index (χ2v) is 7.75. The molecule has 2 N–H and O–H groups in total. The van der Waals surface area contributed by atoms with Gasteiger partial charge in [-0.05, 0) is 6.92 Å². The van der Waals surface area contributed by atoms with Gasteiger partial charge in [0.05, 0.1) is 5.56 Å². The summed E-state index contributed by atoms with van der Waals surface area (Å²) in [6.07, 6.45) is 0. The van der Waals surface area contributed by atoms with Crippen LogP contribution in [-0.2, 0) is 10.0 Å². The van der Waals surface area contributed by atoms with E-state index in [0.717, 1.165) is 37.0 Å². The maximum atomic E-state index is 12.2. The molecule has 9 heteroatoms. The van der Waals surface area contributed by atoms with Gasteiger partial charge in [-0.25, -0.2) is 12.7 Å². The minimum atomic E-state index is -3.68. The second kappa shape index (κ2) is 7.43. The Kier molecular flexibility index (Phi) is 5.79. The van der Waals surface area contributed by atoms with Gasteiger partial charge in [0.25, 0.3) is 15.9 Å². The minimum Gasteiger partial charge on any atom is -0.448 e. The van der Waals surface area contributed by atoms with Crippen LogP contribution in [0, 0.1) is 6.92 Å². The summed E-state index contributed by atoms with van der Waals surface area (Å²) in [5, 5.41) is 5.87. The van der Waals surface area contributed by atoms with E-state index in [4.69, 9.17) is 4.42 Å². The van der Waals surface area contributed by atoms with Crippen LogP contribution in [0.1, 0.15) is 16.1 Å². The summed E-state index contributed by atoms with van der Waals surface area (Å²) in [4.78, 5) is 14.5. The van der Waals surface area contributed by atoms with Crippen molar-refractivity contribution in [3.8, 4) is 0 Å². The Hall–Kier alpha value is -1.42. The Morgan fingerprint density at radius 2 is 2.04 bits per heavy atom. The van der Waals surface area contributed by atoms with Crippen molar-refractivity contribution in [2.75, 3.05) is 53.4 Å². The molecule has 0 unspecified atom stereocenters. The zero-order valence-corrected chi connectivity index (χ0v) is 14.6. The highest BCUT2D eigenvalue weighted by Crippen LogP contribution is 2.21. The molecule has 8 nitrogen and oxygen atoms in total. The largest absolute Gasteiger partial charge is 0.448 e. The predicted molar refractivity (Wildman–Crippen MR) is 86.0 cm³/mol.